The van der Waals surface area contributed by atoms with Gasteiger partial charge in [0.2, 0.25) is 0 Å². The second-order valence-corrected chi connectivity index (χ2v) is 12.9. The largest absolute Gasteiger partial charge is 0.454 e. The maximum atomic E-state index is 6.70. The van der Waals surface area contributed by atoms with E-state index in [9.17, 15) is 0 Å². The maximum Gasteiger partial charge on any atom is 0.159 e. The monoisotopic (exact) mass is 652 g/mol. The molecule has 0 aliphatic carbocycles. The van der Waals surface area contributed by atoms with Gasteiger partial charge in [0.15, 0.2) is 5.58 Å². The van der Waals surface area contributed by atoms with E-state index in [1.54, 1.807) is 0 Å². The topological polar surface area (TPSA) is 21.3 Å². The molecule has 8 aromatic carbocycles. The summed E-state index contributed by atoms with van der Waals surface area (Å²) >= 11 is 0. The predicted octanol–water partition coefficient (Wildman–Crippen LogP) is 13.5. The molecule has 240 valence electrons. The van der Waals surface area contributed by atoms with Crippen molar-refractivity contribution in [3.05, 3.63) is 194 Å². The van der Waals surface area contributed by atoms with E-state index in [0.29, 0.717) is 0 Å². The highest BCUT2D eigenvalue weighted by Gasteiger charge is 2.24. The number of hydrogen-bond acceptors (Lipinski definition) is 2. The van der Waals surface area contributed by atoms with Crippen molar-refractivity contribution in [2.45, 2.75) is 0 Å². The van der Waals surface area contributed by atoms with E-state index in [1.807, 2.05) is 6.07 Å². The van der Waals surface area contributed by atoms with E-state index in [4.69, 9.17) is 4.42 Å². The molecule has 10 aromatic rings. The highest BCUT2D eigenvalue weighted by atomic mass is 16.3. The first-order valence-electron chi connectivity index (χ1n) is 17.4. The standard InChI is InChI=1S/C48H32N2O/c1-2-16-33(17-3-1)36-20-4-9-26-42(36)50(46-30-15-25-41-40-24-8-13-31-47(40)51-48(41)46)43-27-10-5-21-37(43)34-18-14-19-35(32-34)49-44-28-11-6-22-38(44)39-23-7-12-29-45(39)49/h1-32H. The molecule has 10 rings (SSSR count). The Kier molecular flexibility index (Phi) is 6.81. The summed E-state index contributed by atoms with van der Waals surface area (Å²) in [4.78, 5) is 2.38. The Balaban J connectivity index is 1.23. The van der Waals surface area contributed by atoms with Crippen molar-refractivity contribution < 1.29 is 4.42 Å². The minimum absolute atomic E-state index is 0.857. The number of fused-ring (bicyclic) bond motifs is 6. The zero-order valence-corrected chi connectivity index (χ0v) is 27.8. The minimum atomic E-state index is 0.857. The van der Waals surface area contributed by atoms with Crippen LogP contribution in [0, 0.1) is 0 Å². The number of para-hydroxylation sites is 6. The molecule has 0 aliphatic rings. The molecule has 51 heavy (non-hydrogen) atoms. The van der Waals surface area contributed by atoms with Crippen molar-refractivity contribution in [2.24, 2.45) is 0 Å². The SMILES string of the molecule is c1ccc(-c2ccccc2N(c2ccccc2-c2cccc(-n3c4ccccc4c4ccccc43)c2)c2cccc3c2oc2ccccc23)cc1. The van der Waals surface area contributed by atoms with Crippen molar-refractivity contribution in [3.63, 3.8) is 0 Å². The van der Waals surface area contributed by atoms with Gasteiger partial charge in [0.1, 0.15) is 5.58 Å². The quantitative estimate of drug-likeness (QED) is 0.178. The third kappa shape index (κ3) is 4.74. The van der Waals surface area contributed by atoms with Crippen LogP contribution < -0.4 is 4.90 Å². The Labute approximate surface area is 295 Å². The summed E-state index contributed by atoms with van der Waals surface area (Å²) in [6.45, 7) is 0. The second kappa shape index (κ2) is 11.9. The van der Waals surface area contributed by atoms with E-state index in [2.05, 4.69) is 198 Å². The molecule has 3 heteroatoms. The van der Waals surface area contributed by atoms with Gasteiger partial charge in [-0.1, -0.05) is 146 Å². The minimum Gasteiger partial charge on any atom is -0.454 e. The smallest absolute Gasteiger partial charge is 0.159 e. The number of hydrogen-bond donors (Lipinski definition) is 0. The van der Waals surface area contributed by atoms with Gasteiger partial charge in [-0.05, 0) is 59.7 Å². The third-order valence-electron chi connectivity index (χ3n) is 9.99. The molecule has 3 nitrogen and oxygen atoms in total. The summed E-state index contributed by atoms with van der Waals surface area (Å²) in [5.41, 5.74) is 12.9. The molecule has 2 heterocycles. The molecule has 0 bridgehead atoms. The fourth-order valence-electron chi connectivity index (χ4n) is 7.75. The summed E-state index contributed by atoms with van der Waals surface area (Å²) in [6, 6.07) is 69.1. The van der Waals surface area contributed by atoms with Crippen LogP contribution in [0.3, 0.4) is 0 Å². The lowest BCUT2D eigenvalue weighted by Gasteiger charge is -2.30. The molecule has 0 N–H and O–H groups in total. The van der Waals surface area contributed by atoms with E-state index in [0.717, 1.165) is 66.9 Å². The van der Waals surface area contributed by atoms with Gasteiger partial charge < -0.3 is 13.9 Å². The van der Waals surface area contributed by atoms with Gasteiger partial charge in [0.05, 0.1) is 28.1 Å². The molecule has 0 saturated carbocycles. The van der Waals surface area contributed by atoms with Gasteiger partial charge in [0, 0.05) is 38.4 Å². The Bertz CT molecular complexity index is 2830. The fourth-order valence-corrected chi connectivity index (χ4v) is 7.75. The second-order valence-electron chi connectivity index (χ2n) is 12.9. The molecule has 2 aromatic heterocycles. The maximum absolute atomic E-state index is 6.70. The first kappa shape index (κ1) is 29.1. The molecule has 0 fully saturated rings. The number of rotatable bonds is 6. The molecule has 0 radical (unpaired) electrons. The molecule has 0 aliphatic heterocycles. The average molecular weight is 653 g/mol. The Hall–Kier alpha value is -6.84. The van der Waals surface area contributed by atoms with E-state index in [1.165, 1.54) is 21.8 Å². The highest BCUT2D eigenvalue weighted by Crippen LogP contribution is 2.48. The van der Waals surface area contributed by atoms with Crippen LogP contribution in [0.5, 0.6) is 0 Å². The first-order chi connectivity index (χ1) is 25.3. The number of furan rings is 1. The fraction of sp³-hybridized carbons (Fsp3) is 0. The summed E-state index contributed by atoms with van der Waals surface area (Å²) in [6.07, 6.45) is 0. The average Bonchev–Trinajstić information content (AvgIpc) is 3.75. The van der Waals surface area contributed by atoms with Crippen LogP contribution in [0.15, 0.2) is 199 Å². The van der Waals surface area contributed by atoms with Crippen molar-refractivity contribution in [2.75, 3.05) is 4.90 Å². The molecule has 0 amide bonds. The van der Waals surface area contributed by atoms with Crippen LogP contribution in [0.2, 0.25) is 0 Å². The molecular formula is C48H32N2O. The highest BCUT2D eigenvalue weighted by molar-refractivity contribution is 6.12. The zero-order chi connectivity index (χ0) is 33.7. The molecule has 0 spiro atoms. The van der Waals surface area contributed by atoms with Gasteiger partial charge in [-0.3, -0.25) is 0 Å². The first-order valence-corrected chi connectivity index (χ1v) is 17.4. The number of anilines is 3. The molecule has 0 unspecified atom stereocenters. The molecule has 0 atom stereocenters. The molecule has 0 saturated heterocycles. The van der Waals surface area contributed by atoms with Gasteiger partial charge in [0.25, 0.3) is 0 Å². The van der Waals surface area contributed by atoms with E-state index < -0.39 is 0 Å². The number of aromatic nitrogens is 1. The van der Waals surface area contributed by atoms with Crippen LogP contribution in [0.25, 0.3) is 71.7 Å². The lowest BCUT2D eigenvalue weighted by atomic mass is 9.98. The zero-order valence-electron chi connectivity index (χ0n) is 27.8. The Morgan fingerprint density at radius 3 is 1.61 bits per heavy atom. The van der Waals surface area contributed by atoms with E-state index >= 15 is 0 Å². The van der Waals surface area contributed by atoms with Gasteiger partial charge in [-0.2, -0.15) is 0 Å². The van der Waals surface area contributed by atoms with Crippen LogP contribution in [0.4, 0.5) is 17.1 Å². The Morgan fingerprint density at radius 1 is 0.373 bits per heavy atom. The lowest BCUT2D eigenvalue weighted by molar-refractivity contribution is 0.669. The Morgan fingerprint density at radius 2 is 0.882 bits per heavy atom. The van der Waals surface area contributed by atoms with Crippen LogP contribution in [-0.4, -0.2) is 4.57 Å². The summed E-state index contributed by atoms with van der Waals surface area (Å²) < 4.78 is 9.09. The van der Waals surface area contributed by atoms with Crippen molar-refractivity contribution in [3.8, 4) is 27.9 Å². The summed E-state index contributed by atoms with van der Waals surface area (Å²) in [7, 11) is 0. The lowest BCUT2D eigenvalue weighted by Crippen LogP contribution is -2.12. The van der Waals surface area contributed by atoms with Crippen molar-refractivity contribution in [1.29, 1.82) is 0 Å². The van der Waals surface area contributed by atoms with Gasteiger partial charge >= 0.3 is 0 Å². The van der Waals surface area contributed by atoms with Crippen LogP contribution in [0.1, 0.15) is 0 Å². The predicted molar refractivity (Wildman–Crippen MR) is 214 cm³/mol. The van der Waals surface area contributed by atoms with Crippen molar-refractivity contribution in [1.82, 2.24) is 4.57 Å². The van der Waals surface area contributed by atoms with Gasteiger partial charge in [-0.25, -0.2) is 0 Å². The normalized spacial score (nSPS) is 11.5. The number of nitrogens with zero attached hydrogens (tertiary/aromatic N) is 2. The van der Waals surface area contributed by atoms with Crippen molar-refractivity contribution >= 4 is 60.8 Å². The third-order valence-corrected chi connectivity index (χ3v) is 9.99. The van der Waals surface area contributed by atoms with Crippen LogP contribution >= 0.6 is 0 Å². The van der Waals surface area contributed by atoms with E-state index in [-0.39, 0.29) is 0 Å². The number of benzene rings is 8. The van der Waals surface area contributed by atoms with Crippen LogP contribution in [-0.2, 0) is 0 Å². The molecular weight excluding hydrogens is 621 g/mol. The van der Waals surface area contributed by atoms with Gasteiger partial charge in [-0.15, -0.1) is 0 Å². The summed E-state index contributed by atoms with van der Waals surface area (Å²) in [5, 5.41) is 4.71. The summed E-state index contributed by atoms with van der Waals surface area (Å²) in [5.74, 6) is 0.